The van der Waals surface area contributed by atoms with Crippen molar-refractivity contribution in [1.82, 2.24) is 0 Å². The van der Waals surface area contributed by atoms with Crippen LogP contribution in [0.5, 0.6) is 0 Å². The van der Waals surface area contributed by atoms with Crippen LogP contribution in [0.3, 0.4) is 0 Å². The van der Waals surface area contributed by atoms with Gasteiger partial charge in [0.15, 0.2) is 8.32 Å². The largest absolute Gasteiger partial charge is 0.414 e. The summed E-state index contributed by atoms with van der Waals surface area (Å²) in [4.78, 5) is 0. The highest BCUT2D eigenvalue weighted by molar-refractivity contribution is 6.74. The third kappa shape index (κ3) is 3.18. The summed E-state index contributed by atoms with van der Waals surface area (Å²) in [6, 6.07) is 0. The molecule has 22 heavy (non-hydrogen) atoms. The smallest absolute Gasteiger partial charge is 0.192 e. The van der Waals surface area contributed by atoms with Gasteiger partial charge in [0.05, 0.1) is 0 Å². The molecule has 2 fully saturated rings. The molecule has 0 bridgehead atoms. The predicted octanol–water partition coefficient (Wildman–Crippen LogP) is 5.22. The van der Waals surface area contributed by atoms with E-state index >= 15 is 0 Å². The first-order valence-electron chi connectivity index (χ1n) is 9.31. The molecule has 130 valence electrons. The fourth-order valence-corrected chi connectivity index (χ4v) is 6.31. The van der Waals surface area contributed by atoms with E-state index in [1.807, 2.05) is 0 Å². The maximum Gasteiger partial charge on any atom is 0.192 e. The van der Waals surface area contributed by atoms with Crippen molar-refractivity contribution in [3.8, 4) is 0 Å². The summed E-state index contributed by atoms with van der Waals surface area (Å²) in [6.45, 7) is 16.9. The number of hydrogen-bond donors (Lipinski definition) is 1. The zero-order valence-corrected chi connectivity index (χ0v) is 16.9. The van der Waals surface area contributed by atoms with Crippen LogP contribution < -0.4 is 0 Å². The average Bonchev–Trinajstić information content (AvgIpc) is 2.74. The molecular weight excluding hydrogens is 288 g/mol. The van der Waals surface area contributed by atoms with E-state index in [4.69, 9.17) is 4.43 Å². The quantitative estimate of drug-likeness (QED) is 0.718. The first-order valence-corrected chi connectivity index (χ1v) is 12.2. The maximum atomic E-state index is 9.63. The molecule has 2 rings (SSSR count). The second kappa shape index (κ2) is 6.21. The molecule has 0 saturated heterocycles. The standard InChI is InChI=1S/C19H38O2Si/c1-14(13-20)15-10-11-16-17(9-8-12-19(15,16)5)21-22(6,7)18(2,3)4/h14-17,20H,8-13H2,1-7H3/t14-,15+,16-,17?,19+/m0/s1. The molecule has 0 aliphatic heterocycles. The van der Waals surface area contributed by atoms with Crippen molar-refractivity contribution in [2.24, 2.45) is 23.2 Å². The Balaban J connectivity index is 2.17. The molecule has 0 aromatic carbocycles. The fourth-order valence-electron chi connectivity index (χ4n) is 4.92. The van der Waals surface area contributed by atoms with Gasteiger partial charge in [-0.05, 0) is 67.0 Å². The molecule has 0 radical (unpaired) electrons. The molecule has 2 saturated carbocycles. The van der Waals surface area contributed by atoms with Crippen LogP contribution in [-0.2, 0) is 4.43 Å². The Labute approximate surface area is 139 Å². The minimum absolute atomic E-state index is 0.289. The van der Waals surface area contributed by atoms with E-state index in [0.29, 0.717) is 35.9 Å². The Bertz CT molecular complexity index is 387. The summed E-state index contributed by atoms with van der Waals surface area (Å²) in [5, 5.41) is 9.92. The molecule has 0 heterocycles. The van der Waals surface area contributed by atoms with Gasteiger partial charge in [-0.3, -0.25) is 0 Å². The minimum atomic E-state index is -1.69. The third-order valence-electron chi connectivity index (χ3n) is 7.36. The number of hydrogen-bond acceptors (Lipinski definition) is 2. The molecule has 2 aliphatic rings. The van der Waals surface area contributed by atoms with Gasteiger partial charge in [0.2, 0.25) is 0 Å². The van der Waals surface area contributed by atoms with E-state index in [0.717, 1.165) is 0 Å². The molecule has 0 aromatic heterocycles. The molecule has 5 atom stereocenters. The summed E-state index contributed by atoms with van der Waals surface area (Å²) >= 11 is 0. The van der Waals surface area contributed by atoms with Gasteiger partial charge < -0.3 is 9.53 Å². The van der Waals surface area contributed by atoms with Crippen LogP contribution >= 0.6 is 0 Å². The summed E-state index contributed by atoms with van der Waals surface area (Å²) < 4.78 is 6.86. The molecular formula is C19H38O2Si. The number of rotatable bonds is 4. The van der Waals surface area contributed by atoms with Crippen molar-refractivity contribution in [1.29, 1.82) is 0 Å². The van der Waals surface area contributed by atoms with Gasteiger partial charge in [0.25, 0.3) is 0 Å². The monoisotopic (exact) mass is 326 g/mol. The highest BCUT2D eigenvalue weighted by Gasteiger charge is 2.54. The van der Waals surface area contributed by atoms with Crippen molar-refractivity contribution in [3.63, 3.8) is 0 Å². The zero-order chi connectivity index (χ0) is 16.8. The Morgan fingerprint density at radius 2 is 1.86 bits per heavy atom. The number of aliphatic hydroxyl groups is 1. The van der Waals surface area contributed by atoms with E-state index in [9.17, 15) is 5.11 Å². The summed E-state index contributed by atoms with van der Waals surface area (Å²) in [7, 11) is -1.69. The highest BCUT2D eigenvalue weighted by Crippen LogP contribution is 2.59. The fraction of sp³-hybridized carbons (Fsp3) is 1.00. The Morgan fingerprint density at radius 1 is 1.23 bits per heavy atom. The van der Waals surface area contributed by atoms with Crippen LogP contribution in [0.2, 0.25) is 18.1 Å². The van der Waals surface area contributed by atoms with Crippen LogP contribution in [0, 0.1) is 23.2 Å². The van der Waals surface area contributed by atoms with E-state index in [-0.39, 0.29) is 5.04 Å². The second-order valence-electron chi connectivity index (χ2n) is 9.76. The summed E-state index contributed by atoms with van der Waals surface area (Å²) in [5.74, 6) is 1.81. The lowest BCUT2D eigenvalue weighted by atomic mass is 9.62. The lowest BCUT2D eigenvalue weighted by Gasteiger charge is -2.49. The third-order valence-corrected chi connectivity index (χ3v) is 11.9. The van der Waals surface area contributed by atoms with Gasteiger partial charge in [-0.25, -0.2) is 0 Å². The lowest BCUT2D eigenvalue weighted by Crippen LogP contribution is -2.50. The van der Waals surface area contributed by atoms with E-state index < -0.39 is 8.32 Å². The van der Waals surface area contributed by atoms with Crippen LogP contribution in [0.1, 0.15) is 66.7 Å². The lowest BCUT2D eigenvalue weighted by molar-refractivity contribution is -0.0259. The maximum absolute atomic E-state index is 9.63. The van der Waals surface area contributed by atoms with Crippen LogP contribution in [-0.4, -0.2) is 26.1 Å². The van der Waals surface area contributed by atoms with Crippen molar-refractivity contribution in [2.75, 3.05) is 6.61 Å². The van der Waals surface area contributed by atoms with Gasteiger partial charge in [0, 0.05) is 12.7 Å². The molecule has 1 N–H and O–H groups in total. The molecule has 1 unspecified atom stereocenters. The first-order chi connectivity index (χ1) is 10.0. The van der Waals surface area contributed by atoms with Crippen LogP contribution in [0.15, 0.2) is 0 Å². The topological polar surface area (TPSA) is 29.5 Å². The van der Waals surface area contributed by atoms with Crippen molar-refractivity contribution in [3.05, 3.63) is 0 Å². The zero-order valence-electron chi connectivity index (χ0n) is 15.9. The number of fused-ring (bicyclic) bond motifs is 1. The van der Waals surface area contributed by atoms with Crippen LogP contribution in [0.4, 0.5) is 0 Å². The Kier molecular flexibility index (Phi) is 5.22. The summed E-state index contributed by atoms with van der Waals surface area (Å²) in [5.41, 5.74) is 0.382. The number of aliphatic hydroxyl groups excluding tert-OH is 1. The predicted molar refractivity (Wildman–Crippen MR) is 96.5 cm³/mol. The highest BCUT2D eigenvalue weighted by atomic mass is 28.4. The molecule has 3 heteroatoms. The van der Waals surface area contributed by atoms with Crippen molar-refractivity contribution < 1.29 is 9.53 Å². The van der Waals surface area contributed by atoms with E-state index in [1.165, 1.54) is 32.1 Å². The van der Waals surface area contributed by atoms with Gasteiger partial charge in [-0.15, -0.1) is 0 Å². The van der Waals surface area contributed by atoms with E-state index in [2.05, 4.69) is 47.7 Å². The van der Waals surface area contributed by atoms with Crippen molar-refractivity contribution in [2.45, 2.75) is 91.0 Å². The molecule has 2 nitrogen and oxygen atoms in total. The Morgan fingerprint density at radius 3 is 2.41 bits per heavy atom. The normalized spacial score (nSPS) is 37.9. The van der Waals surface area contributed by atoms with Gasteiger partial charge in [-0.2, -0.15) is 0 Å². The molecule has 0 spiro atoms. The Hall–Kier alpha value is 0.137. The van der Waals surface area contributed by atoms with Gasteiger partial charge >= 0.3 is 0 Å². The van der Waals surface area contributed by atoms with Crippen LogP contribution in [0.25, 0.3) is 0 Å². The van der Waals surface area contributed by atoms with E-state index in [1.54, 1.807) is 0 Å². The minimum Gasteiger partial charge on any atom is -0.414 e. The van der Waals surface area contributed by atoms with Gasteiger partial charge in [-0.1, -0.05) is 41.0 Å². The summed E-state index contributed by atoms with van der Waals surface area (Å²) in [6.07, 6.45) is 6.89. The first kappa shape index (κ1) is 18.5. The van der Waals surface area contributed by atoms with Crippen molar-refractivity contribution >= 4 is 8.32 Å². The molecule has 0 amide bonds. The molecule has 2 aliphatic carbocycles. The molecule has 0 aromatic rings. The van der Waals surface area contributed by atoms with Gasteiger partial charge in [0.1, 0.15) is 0 Å². The average molecular weight is 327 g/mol. The second-order valence-corrected chi connectivity index (χ2v) is 14.5. The SMILES string of the molecule is C[C@@H](CO)[C@H]1CC[C@H]2C(O[Si](C)(C)C(C)(C)C)CCC[C@]12C.